The van der Waals surface area contributed by atoms with Crippen LogP contribution in [-0.4, -0.2) is 94.5 Å². The molecule has 3 aliphatic heterocycles. The zero-order chi connectivity index (χ0) is 24.8. The van der Waals surface area contributed by atoms with Crippen molar-refractivity contribution in [2.24, 2.45) is 0 Å². The van der Waals surface area contributed by atoms with Crippen LogP contribution >= 0.6 is 0 Å². The highest BCUT2D eigenvalue weighted by atomic mass is 16.7. The summed E-state index contributed by atoms with van der Waals surface area (Å²) in [4.78, 5) is 101. The van der Waals surface area contributed by atoms with Gasteiger partial charge in [0.25, 0.3) is 23.6 Å². The highest BCUT2D eigenvalue weighted by Crippen LogP contribution is 2.19. The summed E-state index contributed by atoms with van der Waals surface area (Å²) in [5, 5.41) is 2.81. The first-order valence-corrected chi connectivity index (χ1v) is 10.5. The Morgan fingerprint density at radius 2 is 1.44 bits per heavy atom. The number of hydrogen-bond donors (Lipinski definition) is 1. The number of hydroxylamine groups is 2. The topological polar surface area (TPSA) is 177 Å². The van der Waals surface area contributed by atoms with E-state index in [0.717, 1.165) is 17.1 Å². The van der Waals surface area contributed by atoms with Gasteiger partial charge in [-0.2, -0.15) is 0 Å². The molecular weight excluding hydrogens is 456 g/mol. The summed E-state index contributed by atoms with van der Waals surface area (Å²) < 4.78 is 5.33. The molecule has 1 unspecified atom stereocenters. The second kappa shape index (κ2) is 10.8. The van der Waals surface area contributed by atoms with Crippen LogP contribution in [0.25, 0.3) is 0 Å². The molecule has 0 radical (unpaired) electrons. The number of likely N-dealkylation sites (tertiary alicyclic amines) is 1. The van der Waals surface area contributed by atoms with E-state index in [1.54, 1.807) is 0 Å². The number of carbonyl (C=O) groups is 8. The maximum atomic E-state index is 12.6. The second-order valence-electron chi connectivity index (χ2n) is 7.50. The number of hydrogen-bond acceptors (Lipinski definition) is 10. The summed E-state index contributed by atoms with van der Waals surface area (Å²) in [5.41, 5.74) is 0. The van der Waals surface area contributed by atoms with Crippen molar-refractivity contribution >= 4 is 47.3 Å². The van der Waals surface area contributed by atoms with E-state index in [9.17, 15) is 38.4 Å². The van der Waals surface area contributed by atoms with Crippen molar-refractivity contribution in [3.05, 3.63) is 12.2 Å². The zero-order valence-corrected chi connectivity index (χ0v) is 18.0. The van der Waals surface area contributed by atoms with E-state index in [1.807, 2.05) is 0 Å². The SMILES string of the molecule is O=C(CCN1C(=O)C=CC1=O)NCCOCC(C(=O)ON1C(=O)CCC1=O)N1C(=O)CCC1=O. The predicted octanol–water partition coefficient (Wildman–Crippen LogP) is -2.44. The smallest absolute Gasteiger partial charge is 0.358 e. The Morgan fingerprint density at radius 3 is 2.03 bits per heavy atom. The highest BCUT2D eigenvalue weighted by Gasteiger charge is 2.42. The zero-order valence-electron chi connectivity index (χ0n) is 18.0. The normalized spacial score (nSPS) is 19.0. The maximum Gasteiger partial charge on any atom is 0.358 e. The number of imide groups is 3. The van der Waals surface area contributed by atoms with Gasteiger partial charge in [-0.25, -0.2) is 4.79 Å². The average molecular weight is 478 g/mol. The Balaban J connectivity index is 1.46. The van der Waals surface area contributed by atoms with Gasteiger partial charge in [0.05, 0.1) is 13.2 Å². The van der Waals surface area contributed by atoms with Crippen LogP contribution in [0, 0.1) is 0 Å². The van der Waals surface area contributed by atoms with Crippen molar-refractivity contribution in [3.63, 3.8) is 0 Å². The number of rotatable bonds is 11. The van der Waals surface area contributed by atoms with Gasteiger partial charge in [-0.1, -0.05) is 0 Å². The predicted molar refractivity (Wildman–Crippen MR) is 106 cm³/mol. The van der Waals surface area contributed by atoms with Crippen molar-refractivity contribution in [1.82, 2.24) is 20.2 Å². The number of nitrogens with one attached hydrogen (secondary N) is 1. The van der Waals surface area contributed by atoms with E-state index < -0.39 is 60.0 Å². The van der Waals surface area contributed by atoms with Crippen LogP contribution in [0.2, 0.25) is 0 Å². The molecule has 14 nitrogen and oxygen atoms in total. The molecular formula is C20H22N4O10. The minimum atomic E-state index is -1.51. The third-order valence-electron chi connectivity index (χ3n) is 5.17. The van der Waals surface area contributed by atoms with E-state index in [2.05, 4.69) is 5.32 Å². The summed E-state index contributed by atoms with van der Waals surface area (Å²) in [6.07, 6.45) is 1.66. The summed E-state index contributed by atoms with van der Waals surface area (Å²) in [6, 6.07) is -1.51. The summed E-state index contributed by atoms with van der Waals surface area (Å²) >= 11 is 0. The van der Waals surface area contributed by atoms with Gasteiger partial charge in [0.2, 0.25) is 17.7 Å². The van der Waals surface area contributed by atoms with Crippen molar-refractivity contribution in [3.8, 4) is 0 Å². The molecule has 0 bridgehead atoms. The lowest BCUT2D eigenvalue weighted by molar-refractivity contribution is -0.202. The van der Waals surface area contributed by atoms with Gasteiger partial charge in [-0.3, -0.25) is 43.4 Å². The van der Waals surface area contributed by atoms with Gasteiger partial charge in [0.15, 0.2) is 6.04 Å². The molecule has 14 heteroatoms. The molecule has 2 fully saturated rings. The molecule has 0 aliphatic carbocycles. The Kier molecular flexibility index (Phi) is 7.83. The molecule has 1 N–H and O–H groups in total. The molecule has 0 spiro atoms. The standard InChI is InChI=1S/C20H22N4O10/c25-13(7-9-22-14(26)1-2-15(22)27)21-8-10-33-11-12(23-16(28)3-4-17(23)29)20(32)34-24-18(30)5-6-19(24)31/h1-2,12H,3-11H2,(H,21,25). The fourth-order valence-electron chi connectivity index (χ4n) is 3.41. The first-order chi connectivity index (χ1) is 16.2. The van der Waals surface area contributed by atoms with Gasteiger partial charge in [0.1, 0.15) is 0 Å². The number of nitrogens with zero attached hydrogens (tertiary/aromatic N) is 3. The van der Waals surface area contributed by atoms with Crippen LogP contribution < -0.4 is 5.32 Å². The third kappa shape index (κ3) is 5.70. The average Bonchev–Trinajstić information content (AvgIpc) is 3.41. The third-order valence-corrected chi connectivity index (χ3v) is 5.17. The summed E-state index contributed by atoms with van der Waals surface area (Å²) in [5.74, 6) is -5.30. The van der Waals surface area contributed by atoms with Crippen LogP contribution in [0.3, 0.4) is 0 Å². The molecule has 0 aromatic rings. The number of carbonyl (C=O) groups excluding carboxylic acids is 8. The number of amides is 7. The summed E-state index contributed by atoms with van der Waals surface area (Å²) in [7, 11) is 0. The molecule has 1 atom stereocenters. The van der Waals surface area contributed by atoms with E-state index in [1.165, 1.54) is 0 Å². The van der Waals surface area contributed by atoms with Crippen molar-refractivity contribution in [2.75, 3.05) is 26.3 Å². The number of ether oxygens (including phenoxy) is 1. The molecule has 0 aromatic carbocycles. The summed E-state index contributed by atoms with van der Waals surface area (Å²) in [6.45, 7) is -0.689. The van der Waals surface area contributed by atoms with Crippen LogP contribution in [0.4, 0.5) is 0 Å². The Hall–Kier alpha value is -3.94. The minimum absolute atomic E-state index is 0.00820. The van der Waals surface area contributed by atoms with Crippen molar-refractivity contribution < 1.29 is 47.9 Å². The first-order valence-electron chi connectivity index (χ1n) is 10.5. The van der Waals surface area contributed by atoms with Crippen LogP contribution in [0.15, 0.2) is 12.2 Å². The first kappa shape index (κ1) is 24.7. The van der Waals surface area contributed by atoms with E-state index >= 15 is 0 Å². The molecule has 2 saturated heterocycles. The largest absolute Gasteiger partial charge is 0.377 e. The fraction of sp³-hybridized carbons (Fsp3) is 0.500. The van der Waals surface area contributed by atoms with Gasteiger partial charge < -0.3 is 14.9 Å². The van der Waals surface area contributed by atoms with E-state index in [4.69, 9.17) is 9.57 Å². The van der Waals surface area contributed by atoms with Gasteiger partial charge >= 0.3 is 5.97 Å². The van der Waals surface area contributed by atoms with Gasteiger partial charge in [-0.05, 0) is 0 Å². The monoisotopic (exact) mass is 478 g/mol. The van der Waals surface area contributed by atoms with Crippen LogP contribution in [0.1, 0.15) is 32.1 Å². The Morgan fingerprint density at radius 1 is 0.882 bits per heavy atom. The molecule has 0 aromatic heterocycles. The molecule has 3 aliphatic rings. The van der Waals surface area contributed by atoms with Crippen LogP contribution in [0.5, 0.6) is 0 Å². The van der Waals surface area contributed by atoms with Gasteiger partial charge in [-0.15, -0.1) is 5.06 Å². The Bertz CT molecular complexity index is 924. The lowest BCUT2D eigenvalue weighted by atomic mass is 10.2. The molecule has 34 heavy (non-hydrogen) atoms. The minimum Gasteiger partial charge on any atom is -0.377 e. The van der Waals surface area contributed by atoms with Crippen LogP contribution in [-0.2, 0) is 47.9 Å². The highest BCUT2D eigenvalue weighted by molar-refractivity contribution is 6.13. The van der Waals surface area contributed by atoms with Crippen molar-refractivity contribution in [1.29, 1.82) is 0 Å². The molecule has 182 valence electrons. The second-order valence-corrected chi connectivity index (χ2v) is 7.50. The van der Waals surface area contributed by atoms with Crippen molar-refractivity contribution in [2.45, 2.75) is 38.1 Å². The van der Waals surface area contributed by atoms with Gasteiger partial charge in [0, 0.05) is 57.3 Å². The quantitative estimate of drug-likeness (QED) is 0.248. The fourth-order valence-corrected chi connectivity index (χ4v) is 3.41. The molecule has 3 heterocycles. The molecule has 0 saturated carbocycles. The lowest BCUT2D eigenvalue weighted by Crippen LogP contribution is -2.50. The van der Waals surface area contributed by atoms with E-state index in [0.29, 0.717) is 9.96 Å². The van der Waals surface area contributed by atoms with E-state index in [-0.39, 0.29) is 51.8 Å². The Labute approximate surface area is 192 Å². The maximum absolute atomic E-state index is 12.6. The molecule has 3 rings (SSSR count). The molecule has 7 amide bonds. The lowest BCUT2D eigenvalue weighted by Gasteiger charge is -2.25.